The van der Waals surface area contributed by atoms with E-state index in [0.29, 0.717) is 12.5 Å². The van der Waals surface area contributed by atoms with E-state index < -0.39 is 0 Å². The van der Waals surface area contributed by atoms with E-state index in [4.69, 9.17) is 5.11 Å². The lowest BCUT2D eigenvalue weighted by molar-refractivity contribution is 0.174. The van der Waals surface area contributed by atoms with Crippen LogP contribution in [0.1, 0.15) is 31.4 Å². The molecule has 3 heteroatoms. The van der Waals surface area contributed by atoms with Crippen molar-refractivity contribution in [1.82, 2.24) is 9.80 Å². The Bertz CT molecular complexity index is 456. The van der Waals surface area contributed by atoms with Crippen molar-refractivity contribution in [2.75, 3.05) is 33.8 Å². The molecule has 0 aliphatic rings. The Labute approximate surface area is 129 Å². The maximum atomic E-state index is 8.72. The van der Waals surface area contributed by atoms with Crippen molar-refractivity contribution >= 4 is 0 Å². The maximum absolute atomic E-state index is 8.72. The molecule has 0 saturated heterocycles. The van der Waals surface area contributed by atoms with Crippen LogP contribution in [0.15, 0.2) is 24.3 Å². The molecule has 0 fully saturated rings. The average molecular weight is 288 g/mol. The van der Waals surface area contributed by atoms with Gasteiger partial charge in [0, 0.05) is 31.1 Å². The minimum atomic E-state index is 0.125. The maximum Gasteiger partial charge on any atom is 0.0540 e. The van der Waals surface area contributed by atoms with E-state index in [1.54, 1.807) is 0 Å². The Morgan fingerprint density at radius 1 is 1.19 bits per heavy atom. The topological polar surface area (TPSA) is 26.7 Å². The van der Waals surface area contributed by atoms with Gasteiger partial charge in [0.2, 0.25) is 0 Å². The first kappa shape index (κ1) is 17.7. The highest BCUT2D eigenvalue weighted by molar-refractivity contribution is 5.36. The monoisotopic (exact) mass is 288 g/mol. The number of rotatable bonds is 7. The van der Waals surface area contributed by atoms with Crippen LogP contribution in [0.5, 0.6) is 0 Å². The molecule has 116 valence electrons. The number of nitrogens with zero attached hydrogens (tertiary/aromatic N) is 2. The summed E-state index contributed by atoms with van der Waals surface area (Å²) in [5, 5.41) is 8.72. The minimum Gasteiger partial charge on any atom is -0.395 e. The van der Waals surface area contributed by atoms with Crippen molar-refractivity contribution in [1.29, 1.82) is 0 Å². The third-order valence-corrected chi connectivity index (χ3v) is 3.47. The summed E-state index contributed by atoms with van der Waals surface area (Å²) >= 11 is 0. The highest BCUT2D eigenvalue weighted by Crippen LogP contribution is 2.10. The summed E-state index contributed by atoms with van der Waals surface area (Å²) in [4.78, 5) is 4.71. The molecule has 0 bridgehead atoms. The largest absolute Gasteiger partial charge is 0.395 e. The summed E-state index contributed by atoms with van der Waals surface area (Å²) in [5.74, 6) is 6.01. The average Bonchev–Trinajstić information content (AvgIpc) is 2.45. The summed E-state index contributed by atoms with van der Waals surface area (Å²) in [6, 6.07) is 8.95. The lowest BCUT2D eigenvalue weighted by atomic mass is 10.1. The van der Waals surface area contributed by atoms with Gasteiger partial charge in [-0.3, -0.25) is 4.90 Å². The summed E-state index contributed by atoms with van der Waals surface area (Å²) in [5.41, 5.74) is 2.33. The van der Waals surface area contributed by atoms with E-state index in [2.05, 4.69) is 73.8 Å². The van der Waals surface area contributed by atoms with Gasteiger partial charge in [-0.15, -0.1) is 0 Å². The lowest BCUT2D eigenvalue weighted by Crippen LogP contribution is -2.39. The van der Waals surface area contributed by atoms with E-state index in [1.165, 1.54) is 5.56 Å². The second-order valence-corrected chi connectivity index (χ2v) is 5.65. The van der Waals surface area contributed by atoms with Gasteiger partial charge in [-0.05, 0) is 45.3 Å². The Balaban J connectivity index is 2.63. The fourth-order valence-electron chi connectivity index (χ4n) is 2.37. The third kappa shape index (κ3) is 6.77. The Morgan fingerprint density at radius 3 is 2.38 bits per heavy atom. The van der Waals surface area contributed by atoms with Crippen molar-refractivity contribution in [2.45, 2.75) is 32.9 Å². The molecule has 0 heterocycles. The molecule has 0 aromatic heterocycles. The molecule has 1 aromatic carbocycles. The van der Waals surface area contributed by atoms with E-state index in [0.717, 1.165) is 25.2 Å². The van der Waals surface area contributed by atoms with Crippen molar-refractivity contribution in [3.63, 3.8) is 0 Å². The molecule has 0 radical (unpaired) electrons. The lowest BCUT2D eigenvalue weighted by Gasteiger charge is -2.30. The predicted molar refractivity (Wildman–Crippen MR) is 89.1 cm³/mol. The Kier molecular flexibility index (Phi) is 8.07. The standard InChI is InChI=1S/C18H28N2O/c1-5-20(16(2)14-19(3)4)15-18-11-9-17(10-12-18)8-6-7-13-21/h9-12,16,21H,5,7,13-15H2,1-4H3. The van der Waals surface area contributed by atoms with Gasteiger partial charge in [-0.2, -0.15) is 0 Å². The Morgan fingerprint density at radius 2 is 1.86 bits per heavy atom. The number of hydrogen-bond donors (Lipinski definition) is 1. The van der Waals surface area contributed by atoms with Crippen molar-refractivity contribution in [2.24, 2.45) is 0 Å². The summed E-state index contributed by atoms with van der Waals surface area (Å²) in [7, 11) is 4.23. The number of benzene rings is 1. The number of aliphatic hydroxyl groups is 1. The SMILES string of the molecule is CCN(Cc1ccc(C#CCCO)cc1)C(C)CN(C)C. The van der Waals surface area contributed by atoms with Gasteiger partial charge in [0.05, 0.1) is 6.61 Å². The molecule has 1 atom stereocenters. The first-order valence-corrected chi connectivity index (χ1v) is 7.64. The van der Waals surface area contributed by atoms with Gasteiger partial charge >= 0.3 is 0 Å². The van der Waals surface area contributed by atoms with Crippen LogP contribution in [0.4, 0.5) is 0 Å². The van der Waals surface area contributed by atoms with E-state index >= 15 is 0 Å². The molecule has 1 rings (SSSR count). The summed E-state index contributed by atoms with van der Waals surface area (Å²) in [6.07, 6.45) is 0.535. The highest BCUT2D eigenvalue weighted by atomic mass is 16.2. The molecular formula is C18H28N2O. The molecule has 3 nitrogen and oxygen atoms in total. The molecule has 0 aliphatic heterocycles. The molecule has 0 spiro atoms. The van der Waals surface area contributed by atoms with Crippen LogP contribution in [-0.4, -0.2) is 54.7 Å². The van der Waals surface area contributed by atoms with E-state index in [1.807, 2.05) is 0 Å². The molecule has 1 unspecified atom stereocenters. The smallest absolute Gasteiger partial charge is 0.0540 e. The molecule has 0 amide bonds. The molecular weight excluding hydrogens is 260 g/mol. The van der Waals surface area contributed by atoms with Crippen molar-refractivity contribution in [3.05, 3.63) is 35.4 Å². The van der Waals surface area contributed by atoms with Gasteiger partial charge in [0.15, 0.2) is 0 Å². The van der Waals surface area contributed by atoms with Crippen molar-refractivity contribution in [3.8, 4) is 11.8 Å². The van der Waals surface area contributed by atoms with Gasteiger partial charge in [0.1, 0.15) is 0 Å². The van der Waals surface area contributed by atoms with Crippen LogP contribution >= 0.6 is 0 Å². The second kappa shape index (κ2) is 9.57. The molecule has 1 aromatic rings. The fraction of sp³-hybridized carbons (Fsp3) is 0.556. The molecule has 21 heavy (non-hydrogen) atoms. The van der Waals surface area contributed by atoms with Gasteiger partial charge < -0.3 is 10.0 Å². The van der Waals surface area contributed by atoms with Crippen LogP contribution in [0.25, 0.3) is 0 Å². The minimum absolute atomic E-state index is 0.125. The van der Waals surface area contributed by atoms with Crippen LogP contribution < -0.4 is 0 Å². The highest BCUT2D eigenvalue weighted by Gasteiger charge is 2.13. The summed E-state index contributed by atoms with van der Waals surface area (Å²) < 4.78 is 0. The molecule has 0 aliphatic carbocycles. The predicted octanol–water partition coefficient (Wildman–Crippen LogP) is 2.19. The molecule has 1 N–H and O–H groups in total. The number of aliphatic hydroxyl groups excluding tert-OH is 1. The van der Waals surface area contributed by atoms with Gasteiger partial charge in [-0.25, -0.2) is 0 Å². The Hall–Kier alpha value is -1.34. The van der Waals surface area contributed by atoms with Crippen LogP contribution in [-0.2, 0) is 6.54 Å². The van der Waals surface area contributed by atoms with Gasteiger partial charge in [-0.1, -0.05) is 30.9 Å². The van der Waals surface area contributed by atoms with Gasteiger partial charge in [0.25, 0.3) is 0 Å². The van der Waals surface area contributed by atoms with E-state index in [-0.39, 0.29) is 6.61 Å². The molecule has 0 saturated carbocycles. The van der Waals surface area contributed by atoms with Crippen LogP contribution in [0, 0.1) is 11.8 Å². The first-order valence-electron chi connectivity index (χ1n) is 7.64. The zero-order valence-electron chi connectivity index (χ0n) is 13.8. The third-order valence-electron chi connectivity index (χ3n) is 3.47. The second-order valence-electron chi connectivity index (χ2n) is 5.65. The quantitative estimate of drug-likeness (QED) is 0.779. The number of hydrogen-bond acceptors (Lipinski definition) is 3. The van der Waals surface area contributed by atoms with Crippen LogP contribution in [0.3, 0.4) is 0 Å². The zero-order chi connectivity index (χ0) is 15.7. The fourth-order valence-corrected chi connectivity index (χ4v) is 2.37. The van der Waals surface area contributed by atoms with Crippen molar-refractivity contribution < 1.29 is 5.11 Å². The number of likely N-dealkylation sites (N-methyl/N-ethyl adjacent to an activating group) is 2. The van der Waals surface area contributed by atoms with Crippen LogP contribution in [0.2, 0.25) is 0 Å². The zero-order valence-corrected chi connectivity index (χ0v) is 13.8. The van der Waals surface area contributed by atoms with E-state index in [9.17, 15) is 0 Å². The first-order chi connectivity index (χ1) is 10.1. The normalized spacial score (nSPS) is 12.3. The summed E-state index contributed by atoms with van der Waals surface area (Å²) in [6.45, 7) is 7.70.